The predicted molar refractivity (Wildman–Crippen MR) is 68.0 cm³/mol. The minimum absolute atomic E-state index is 0.0147. The number of ketones is 1. The molecule has 2 rings (SSSR count). The summed E-state index contributed by atoms with van der Waals surface area (Å²) in [6, 6.07) is 2.15. The molecule has 1 aromatic rings. The summed E-state index contributed by atoms with van der Waals surface area (Å²) in [6.45, 7) is 2.18. The van der Waals surface area contributed by atoms with Gasteiger partial charge in [-0.25, -0.2) is 13.6 Å². The minimum atomic E-state index is -2.92. The average molecular weight is 300 g/mol. The largest absolute Gasteiger partial charge is 0.490 e. The van der Waals surface area contributed by atoms with Crippen LogP contribution in [0.5, 0.6) is 11.5 Å². The van der Waals surface area contributed by atoms with Crippen LogP contribution < -0.4 is 9.47 Å². The molecule has 0 aromatic heterocycles. The van der Waals surface area contributed by atoms with Crippen molar-refractivity contribution in [2.24, 2.45) is 0 Å². The summed E-state index contributed by atoms with van der Waals surface area (Å²) in [5, 5.41) is 0. The van der Waals surface area contributed by atoms with Gasteiger partial charge < -0.3 is 14.2 Å². The van der Waals surface area contributed by atoms with Gasteiger partial charge in [0.25, 0.3) is 12.2 Å². The van der Waals surface area contributed by atoms with Gasteiger partial charge in [0.05, 0.1) is 19.8 Å². The number of esters is 1. The van der Waals surface area contributed by atoms with Crippen LogP contribution in [-0.2, 0) is 9.53 Å². The molecule has 0 spiro atoms. The molecular weight excluding hydrogens is 286 g/mol. The zero-order valence-corrected chi connectivity index (χ0v) is 11.4. The lowest BCUT2D eigenvalue weighted by molar-refractivity contribution is -0.137. The van der Waals surface area contributed by atoms with Crippen molar-refractivity contribution in [2.75, 3.05) is 19.8 Å². The molecule has 0 saturated heterocycles. The zero-order valence-electron chi connectivity index (χ0n) is 11.4. The van der Waals surface area contributed by atoms with E-state index in [1.807, 2.05) is 0 Å². The van der Waals surface area contributed by atoms with Gasteiger partial charge in [0.1, 0.15) is 0 Å². The first-order valence-electron chi connectivity index (χ1n) is 6.47. The number of Topliss-reactive ketones (excluding diaryl/α,β-unsaturated/α-hetero) is 1. The van der Waals surface area contributed by atoms with Crippen molar-refractivity contribution in [3.05, 3.63) is 23.3 Å². The van der Waals surface area contributed by atoms with Gasteiger partial charge >= 0.3 is 5.97 Å². The van der Waals surface area contributed by atoms with Crippen LogP contribution in [0.25, 0.3) is 0 Å². The van der Waals surface area contributed by atoms with Gasteiger partial charge in [-0.3, -0.25) is 4.79 Å². The van der Waals surface area contributed by atoms with Crippen molar-refractivity contribution in [1.29, 1.82) is 0 Å². The quantitative estimate of drug-likeness (QED) is 0.486. The molecule has 0 unspecified atom stereocenters. The molecule has 0 aliphatic carbocycles. The van der Waals surface area contributed by atoms with Gasteiger partial charge in [-0.1, -0.05) is 0 Å². The van der Waals surface area contributed by atoms with E-state index in [0.717, 1.165) is 12.1 Å². The molecule has 5 nitrogen and oxygen atoms in total. The summed E-state index contributed by atoms with van der Waals surface area (Å²) in [5.74, 6) is -1.98. The molecule has 0 bridgehead atoms. The first-order chi connectivity index (χ1) is 10.0. The molecule has 0 radical (unpaired) electrons. The summed E-state index contributed by atoms with van der Waals surface area (Å²) in [7, 11) is 0. The van der Waals surface area contributed by atoms with Gasteiger partial charge in [0.15, 0.2) is 11.5 Å². The Labute approximate surface area is 119 Å². The number of ether oxygens (including phenoxy) is 3. The number of carbonyl (C=O) groups excluding carboxylic acids is 2. The van der Waals surface area contributed by atoms with E-state index in [1.165, 1.54) is 6.92 Å². The second-order valence-electron chi connectivity index (χ2n) is 4.29. The Kier molecular flexibility index (Phi) is 4.72. The van der Waals surface area contributed by atoms with E-state index in [2.05, 4.69) is 4.74 Å². The van der Waals surface area contributed by atoms with Crippen molar-refractivity contribution in [3.63, 3.8) is 0 Å². The standard InChI is InChI=1S/C14H14F2O5/c1-2-19-14(18)12(17)8-6-10-11(7-9(8)13(15)16)21-5-3-4-20-10/h6-7,13H,2-5H2,1H3. The van der Waals surface area contributed by atoms with Crippen LogP contribution >= 0.6 is 0 Å². The Morgan fingerprint density at radius 1 is 1.24 bits per heavy atom. The second kappa shape index (κ2) is 6.51. The Morgan fingerprint density at radius 2 is 1.86 bits per heavy atom. The topological polar surface area (TPSA) is 61.8 Å². The third-order valence-corrected chi connectivity index (χ3v) is 2.86. The third kappa shape index (κ3) is 3.29. The Hall–Kier alpha value is -2.18. The normalized spacial score (nSPS) is 13.7. The number of carbonyl (C=O) groups is 2. The molecule has 114 valence electrons. The van der Waals surface area contributed by atoms with E-state index >= 15 is 0 Å². The molecule has 0 N–H and O–H groups in total. The van der Waals surface area contributed by atoms with Crippen molar-refractivity contribution in [2.45, 2.75) is 19.8 Å². The number of benzene rings is 1. The molecule has 1 aromatic carbocycles. The van der Waals surface area contributed by atoms with Crippen molar-refractivity contribution >= 4 is 11.8 Å². The van der Waals surface area contributed by atoms with Crippen molar-refractivity contribution in [1.82, 2.24) is 0 Å². The fraction of sp³-hybridized carbons (Fsp3) is 0.429. The van der Waals surface area contributed by atoms with Crippen molar-refractivity contribution in [3.8, 4) is 11.5 Å². The summed E-state index contributed by atoms with van der Waals surface area (Å²) in [4.78, 5) is 23.4. The Balaban J connectivity index is 2.45. The first-order valence-corrected chi connectivity index (χ1v) is 6.47. The molecule has 1 aliphatic heterocycles. The number of fused-ring (bicyclic) bond motifs is 1. The summed E-state index contributed by atoms with van der Waals surface area (Å²) >= 11 is 0. The molecule has 0 saturated carbocycles. The van der Waals surface area contributed by atoms with Gasteiger partial charge in [0.2, 0.25) is 0 Å². The second-order valence-corrected chi connectivity index (χ2v) is 4.29. The van der Waals surface area contributed by atoms with Gasteiger partial charge in [-0.15, -0.1) is 0 Å². The van der Waals surface area contributed by atoms with Crippen LogP contribution in [0.4, 0.5) is 8.78 Å². The van der Waals surface area contributed by atoms with Gasteiger partial charge in [0, 0.05) is 17.5 Å². The number of hydrogen-bond donors (Lipinski definition) is 0. The van der Waals surface area contributed by atoms with Crippen LogP contribution in [0.1, 0.15) is 35.7 Å². The lowest BCUT2D eigenvalue weighted by Gasteiger charge is -2.13. The Bertz CT molecular complexity index is 557. The molecule has 7 heteroatoms. The number of alkyl halides is 2. The smallest absolute Gasteiger partial charge is 0.379 e. The molecule has 0 fully saturated rings. The molecule has 0 amide bonds. The van der Waals surface area contributed by atoms with Crippen LogP contribution in [0.2, 0.25) is 0 Å². The van der Waals surface area contributed by atoms with E-state index in [-0.39, 0.29) is 18.1 Å². The zero-order chi connectivity index (χ0) is 15.4. The lowest BCUT2D eigenvalue weighted by atomic mass is 10.0. The van der Waals surface area contributed by atoms with E-state index in [1.54, 1.807) is 0 Å². The summed E-state index contributed by atoms with van der Waals surface area (Å²) in [6.07, 6.45) is -2.32. The van der Waals surface area contributed by atoms with Crippen LogP contribution in [0, 0.1) is 0 Å². The SMILES string of the molecule is CCOC(=O)C(=O)c1cc2c(cc1C(F)F)OCCCO2. The number of halogens is 2. The highest BCUT2D eigenvalue weighted by Gasteiger charge is 2.28. The van der Waals surface area contributed by atoms with E-state index in [4.69, 9.17) is 9.47 Å². The molecule has 1 aliphatic rings. The van der Waals surface area contributed by atoms with E-state index in [0.29, 0.717) is 19.6 Å². The molecular formula is C14H14F2O5. The van der Waals surface area contributed by atoms with E-state index in [9.17, 15) is 18.4 Å². The summed E-state index contributed by atoms with van der Waals surface area (Å²) in [5.41, 5.74) is -0.995. The highest BCUT2D eigenvalue weighted by molar-refractivity contribution is 6.41. The highest BCUT2D eigenvalue weighted by atomic mass is 19.3. The average Bonchev–Trinajstić information content (AvgIpc) is 2.69. The lowest BCUT2D eigenvalue weighted by Crippen LogP contribution is -2.19. The van der Waals surface area contributed by atoms with E-state index < -0.39 is 29.3 Å². The molecule has 0 atom stereocenters. The highest BCUT2D eigenvalue weighted by Crippen LogP contribution is 2.36. The summed E-state index contributed by atoms with van der Waals surface area (Å²) < 4.78 is 41.4. The van der Waals surface area contributed by atoms with Crippen LogP contribution in [-0.4, -0.2) is 31.6 Å². The fourth-order valence-corrected chi connectivity index (χ4v) is 1.91. The minimum Gasteiger partial charge on any atom is -0.490 e. The first kappa shape index (κ1) is 15.2. The predicted octanol–water partition coefficient (Wildman–Crippen LogP) is 2.53. The van der Waals surface area contributed by atoms with Crippen molar-refractivity contribution < 1.29 is 32.6 Å². The number of rotatable bonds is 4. The monoisotopic (exact) mass is 300 g/mol. The molecule has 1 heterocycles. The van der Waals surface area contributed by atoms with Crippen LogP contribution in [0.15, 0.2) is 12.1 Å². The maximum absolute atomic E-state index is 13.1. The fourth-order valence-electron chi connectivity index (χ4n) is 1.91. The Morgan fingerprint density at radius 3 is 2.43 bits per heavy atom. The maximum atomic E-state index is 13.1. The van der Waals surface area contributed by atoms with Gasteiger partial charge in [-0.05, 0) is 19.1 Å². The van der Waals surface area contributed by atoms with Gasteiger partial charge in [-0.2, -0.15) is 0 Å². The van der Waals surface area contributed by atoms with Crippen LogP contribution in [0.3, 0.4) is 0 Å². The third-order valence-electron chi connectivity index (χ3n) is 2.86. The number of hydrogen-bond acceptors (Lipinski definition) is 5. The maximum Gasteiger partial charge on any atom is 0.379 e. The molecule has 21 heavy (non-hydrogen) atoms.